The first-order valence-corrected chi connectivity index (χ1v) is 15.2. The second kappa shape index (κ2) is 12.8. The number of ether oxygens (including phenoxy) is 1. The maximum atomic E-state index is 11.9. The van der Waals surface area contributed by atoms with Crippen LogP contribution in [0.2, 0.25) is 0 Å². The molecule has 2 aliphatic rings. The molecule has 0 atom stereocenters. The van der Waals surface area contributed by atoms with Gasteiger partial charge in [0.1, 0.15) is 18.2 Å². The van der Waals surface area contributed by atoms with E-state index >= 15 is 0 Å². The minimum atomic E-state index is 0.157. The summed E-state index contributed by atoms with van der Waals surface area (Å²) in [5, 5.41) is 3.34. The van der Waals surface area contributed by atoms with Crippen LogP contribution in [-0.2, 0) is 17.8 Å². The minimum Gasteiger partial charge on any atom is -0.480 e. The Morgan fingerprint density at radius 2 is 1.70 bits per heavy atom. The van der Waals surface area contributed by atoms with Crippen molar-refractivity contribution in [3.05, 3.63) is 71.6 Å². The number of aryl methyl sites for hydroxylation is 1. The maximum absolute atomic E-state index is 11.9. The zero-order valence-corrected chi connectivity index (χ0v) is 25.1. The number of aromatic nitrogens is 6. The van der Waals surface area contributed by atoms with E-state index in [0.717, 1.165) is 85.4 Å². The Kier molecular flexibility index (Phi) is 8.53. The summed E-state index contributed by atoms with van der Waals surface area (Å²) in [6.45, 7) is 5.99. The molecule has 222 valence electrons. The Labute approximate surface area is 252 Å². The first kappa shape index (κ1) is 28.6. The number of carbonyl (C=O) groups is 1. The maximum Gasteiger partial charge on any atom is 0.227 e. The van der Waals surface area contributed by atoms with Crippen LogP contribution in [0, 0.1) is 0 Å². The number of nitrogens with zero attached hydrogens (tertiary/aromatic N) is 7. The van der Waals surface area contributed by atoms with Crippen LogP contribution in [0.4, 0.5) is 5.95 Å². The Morgan fingerprint density at radius 3 is 2.40 bits per heavy atom. The molecule has 0 spiro atoms. The zero-order chi connectivity index (χ0) is 29.8. The van der Waals surface area contributed by atoms with E-state index < -0.39 is 0 Å². The van der Waals surface area contributed by atoms with Crippen molar-refractivity contribution in [1.29, 1.82) is 0 Å². The van der Waals surface area contributed by atoms with Gasteiger partial charge in [0.25, 0.3) is 0 Å². The molecule has 1 aromatic carbocycles. The van der Waals surface area contributed by atoms with Gasteiger partial charge in [-0.15, -0.1) is 0 Å². The zero-order valence-electron chi connectivity index (χ0n) is 25.1. The Balaban J connectivity index is 1.19. The van der Waals surface area contributed by atoms with Crippen molar-refractivity contribution < 1.29 is 9.53 Å². The molecule has 43 heavy (non-hydrogen) atoms. The number of likely N-dealkylation sites (tertiary alicyclic amines) is 1. The van der Waals surface area contributed by atoms with Gasteiger partial charge in [-0.25, -0.2) is 19.9 Å². The molecule has 1 N–H and O–H groups in total. The Hall–Kier alpha value is -4.47. The third kappa shape index (κ3) is 6.48. The lowest BCUT2D eigenvalue weighted by Crippen LogP contribution is -2.36. The third-order valence-corrected chi connectivity index (χ3v) is 8.34. The fraction of sp³-hybridized carbons (Fsp3) is 0.424. The first-order valence-electron chi connectivity index (χ1n) is 15.2. The number of rotatable bonds is 10. The van der Waals surface area contributed by atoms with Crippen molar-refractivity contribution >= 4 is 11.9 Å². The number of carbonyl (C=O) groups excluding carboxylic acids is 1. The standard InChI is InChI=1S/C33H38N8O2/c1-4-5-26-12-13-27(23-14-16-41(17-15-23)21(2)42)29(39-26)24-8-6-22(7-9-24)18-34-33-38-20-36-31(40-33)28-30(25-10-11-25)35-19-37-32(28)43-3/h6-9,12-13,19-20,23,25H,4-5,10-11,14-18H2,1-3H3,(H,34,36,38,40). The highest BCUT2D eigenvalue weighted by atomic mass is 16.5. The van der Waals surface area contributed by atoms with Crippen LogP contribution in [0.1, 0.15) is 80.3 Å². The predicted octanol–water partition coefficient (Wildman–Crippen LogP) is 5.57. The lowest BCUT2D eigenvalue weighted by molar-refractivity contribution is -0.129. The number of methoxy groups -OCH3 is 1. The van der Waals surface area contributed by atoms with E-state index in [-0.39, 0.29) is 5.91 Å². The van der Waals surface area contributed by atoms with Crippen molar-refractivity contribution in [3.8, 4) is 28.5 Å². The molecule has 10 heteroatoms. The summed E-state index contributed by atoms with van der Waals surface area (Å²) < 4.78 is 5.52. The molecule has 2 fully saturated rings. The van der Waals surface area contributed by atoms with E-state index in [2.05, 4.69) is 73.6 Å². The lowest BCUT2D eigenvalue weighted by Gasteiger charge is -2.32. The van der Waals surface area contributed by atoms with E-state index in [0.29, 0.717) is 36.0 Å². The van der Waals surface area contributed by atoms with Gasteiger partial charge in [-0.1, -0.05) is 43.7 Å². The summed E-state index contributed by atoms with van der Waals surface area (Å²) in [4.78, 5) is 41.2. The van der Waals surface area contributed by atoms with E-state index in [9.17, 15) is 4.79 Å². The quantitative estimate of drug-likeness (QED) is 0.258. The van der Waals surface area contributed by atoms with Crippen LogP contribution < -0.4 is 10.1 Å². The third-order valence-electron chi connectivity index (χ3n) is 8.34. The smallest absolute Gasteiger partial charge is 0.227 e. The van der Waals surface area contributed by atoms with Gasteiger partial charge in [0, 0.05) is 43.7 Å². The average molecular weight is 579 g/mol. The summed E-state index contributed by atoms with van der Waals surface area (Å²) in [7, 11) is 1.60. The summed E-state index contributed by atoms with van der Waals surface area (Å²) in [5.41, 5.74) is 7.33. The summed E-state index contributed by atoms with van der Waals surface area (Å²) in [6, 6.07) is 13.0. The van der Waals surface area contributed by atoms with Gasteiger partial charge in [-0.3, -0.25) is 9.78 Å². The van der Waals surface area contributed by atoms with Crippen LogP contribution >= 0.6 is 0 Å². The van der Waals surface area contributed by atoms with Crippen LogP contribution in [0.3, 0.4) is 0 Å². The molecule has 1 saturated heterocycles. The van der Waals surface area contributed by atoms with Gasteiger partial charge in [-0.2, -0.15) is 4.98 Å². The number of pyridine rings is 1. The van der Waals surface area contributed by atoms with Crippen LogP contribution in [-0.4, -0.2) is 60.9 Å². The molecule has 1 aliphatic heterocycles. The van der Waals surface area contributed by atoms with Crippen molar-refractivity contribution in [2.24, 2.45) is 0 Å². The highest BCUT2D eigenvalue weighted by molar-refractivity contribution is 5.73. The Morgan fingerprint density at radius 1 is 0.930 bits per heavy atom. The topological polar surface area (TPSA) is 119 Å². The fourth-order valence-corrected chi connectivity index (χ4v) is 5.85. The van der Waals surface area contributed by atoms with E-state index in [1.54, 1.807) is 14.0 Å². The van der Waals surface area contributed by atoms with Crippen molar-refractivity contribution in [3.63, 3.8) is 0 Å². The number of nitrogens with one attached hydrogen (secondary N) is 1. The van der Waals surface area contributed by atoms with Gasteiger partial charge < -0.3 is 15.0 Å². The SMILES string of the molecule is CCCc1ccc(C2CCN(C(C)=O)CC2)c(-c2ccc(CNc3ncnc(-c4c(OC)ncnc4C4CC4)n3)cc2)n1. The number of hydrogen-bond donors (Lipinski definition) is 1. The van der Waals surface area contributed by atoms with Crippen LogP contribution in [0.25, 0.3) is 22.6 Å². The fourth-order valence-electron chi connectivity index (χ4n) is 5.85. The molecular formula is C33H38N8O2. The van der Waals surface area contributed by atoms with Gasteiger partial charge in [0.2, 0.25) is 17.7 Å². The van der Waals surface area contributed by atoms with Crippen LogP contribution in [0.5, 0.6) is 5.88 Å². The molecule has 4 heterocycles. The summed E-state index contributed by atoms with van der Waals surface area (Å²) >= 11 is 0. The predicted molar refractivity (Wildman–Crippen MR) is 165 cm³/mol. The number of anilines is 1. The van der Waals surface area contributed by atoms with Crippen molar-refractivity contribution in [1.82, 2.24) is 34.8 Å². The summed E-state index contributed by atoms with van der Waals surface area (Å²) in [6.07, 6.45) is 9.16. The number of hydrogen-bond acceptors (Lipinski definition) is 9. The number of benzene rings is 1. The normalized spacial score (nSPS) is 15.4. The van der Waals surface area contributed by atoms with Gasteiger partial charge in [0.15, 0.2) is 5.82 Å². The van der Waals surface area contributed by atoms with E-state index in [1.165, 1.54) is 18.2 Å². The highest BCUT2D eigenvalue weighted by Gasteiger charge is 2.31. The molecule has 4 aromatic rings. The van der Waals surface area contributed by atoms with Gasteiger partial charge in [0.05, 0.1) is 18.5 Å². The number of amides is 1. The molecule has 1 aliphatic carbocycles. The monoisotopic (exact) mass is 578 g/mol. The molecule has 0 radical (unpaired) electrons. The lowest BCUT2D eigenvalue weighted by atomic mass is 9.86. The molecular weight excluding hydrogens is 540 g/mol. The van der Waals surface area contributed by atoms with Gasteiger partial charge in [-0.05, 0) is 55.2 Å². The Bertz CT molecular complexity index is 1580. The molecule has 1 saturated carbocycles. The van der Waals surface area contributed by atoms with E-state index in [4.69, 9.17) is 9.72 Å². The molecule has 0 bridgehead atoms. The second-order valence-electron chi connectivity index (χ2n) is 11.4. The molecule has 3 aromatic heterocycles. The second-order valence-corrected chi connectivity index (χ2v) is 11.4. The first-order chi connectivity index (χ1) is 21.0. The average Bonchev–Trinajstić information content (AvgIpc) is 3.90. The van der Waals surface area contributed by atoms with Gasteiger partial charge >= 0.3 is 0 Å². The molecule has 1 amide bonds. The number of piperidine rings is 1. The minimum absolute atomic E-state index is 0.157. The van der Waals surface area contributed by atoms with Crippen molar-refractivity contribution in [2.75, 3.05) is 25.5 Å². The largest absolute Gasteiger partial charge is 0.480 e. The van der Waals surface area contributed by atoms with Crippen molar-refractivity contribution in [2.45, 2.75) is 70.8 Å². The molecule has 6 rings (SSSR count). The highest BCUT2D eigenvalue weighted by Crippen LogP contribution is 2.44. The molecule has 0 unspecified atom stereocenters. The van der Waals surface area contributed by atoms with Crippen LogP contribution in [0.15, 0.2) is 49.1 Å². The van der Waals surface area contributed by atoms with E-state index in [1.807, 2.05) is 4.90 Å². The molecule has 10 nitrogen and oxygen atoms in total. The summed E-state index contributed by atoms with van der Waals surface area (Å²) in [5.74, 6) is 2.41.